The van der Waals surface area contributed by atoms with Gasteiger partial charge in [-0.15, -0.1) is 0 Å². The van der Waals surface area contributed by atoms with Crippen molar-refractivity contribution in [2.24, 2.45) is 0 Å². The number of H-pyrrole nitrogens is 1. The van der Waals surface area contributed by atoms with Crippen molar-refractivity contribution in [3.8, 4) is 0 Å². The van der Waals surface area contributed by atoms with Crippen molar-refractivity contribution in [1.29, 1.82) is 0 Å². The molecule has 0 aliphatic rings. The fourth-order valence-electron chi connectivity index (χ4n) is 1.58. The van der Waals surface area contributed by atoms with Crippen LogP contribution >= 0.6 is 0 Å². The molecule has 0 unspecified atom stereocenters. The average molecular weight is 205 g/mol. The summed E-state index contributed by atoms with van der Waals surface area (Å²) in [5, 5.41) is 4.28. The van der Waals surface area contributed by atoms with E-state index >= 15 is 0 Å². The Bertz CT molecular complexity index is 486. The summed E-state index contributed by atoms with van der Waals surface area (Å²) in [6.45, 7) is 6.14. The zero-order valence-electron chi connectivity index (χ0n) is 9.13. The fourth-order valence-corrected chi connectivity index (χ4v) is 1.58. The van der Waals surface area contributed by atoms with E-state index in [1.807, 2.05) is 13.1 Å². The summed E-state index contributed by atoms with van der Waals surface area (Å²) < 4.78 is 0. The Hall–Kier alpha value is -1.78. The van der Waals surface area contributed by atoms with Gasteiger partial charge < -0.3 is 16.0 Å². The van der Waals surface area contributed by atoms with E-state index in [1.54, 1.807) is 0 Å². The average Bonchev–Trinajstić information content (AvgIpc) is 2.46. The van der Waals surface area contributed by atoms with Crippen LogP contribution in [-0.2, 0) is 0 Å². The minimum atomic E-state index is 0.285. The highest BCUT2D eigenvalue weighted by Crippen LogP contribution is 2.24. The molecule has 2 aromatic heterocycles. The van der Waals surface area contributed by atoms with Crippen LogP contribution in [0.3, 0.4) is 0 Å². The number of aryl methyl sites for hydroxylation is 1. The van der Waals surface area contributed by atoms with Gasteiger partial charge in [0.1, 0.15) is 11.5 Å². The maximum absolute atomic E-state index is 5.63. The van der Waals surface area contributed by atoms with Crippen molar-refractivity contribution in [2.75, 3.05) is 11.1 Å². The molecule has 0 aliphatic carbocycles. The first-order valence-corrected chi connectivity index (χ1v) is 4.95. The zero-order valence-corrected chi connectivity index (χ0v) is 9.13. The maximum Gasteiger partial charge on any atom is 0.223 e. The Morgan fingerprint density at radius 2 is 2.13 bits per heavy atom. The van der Waals surface area contributed by atoms with E-state index in [0.29, 0.717) is 6.04 Å². The Balaban J connectivity index is 2.63. The van der Waals surface area contributed by atoms with Gasteiger partial charge in [0.25, 0.3) is 0 Å². The Morgan fingerprint density at radius 1 is 1.40 bits per heavy atom. The smallest absolute Gasteiger partial charge is 0.223 e. The van der Waals surface area contributed by atoms with Crippen LogP contribution < -0.4 is 11.1 Å². The van der Waals surface area contributed by atoms with Gasteiger partial charge in [0.2, 0.25) is 5.95 Å². The van der Waals surface area contributed by atoms with Crippen molar-refractivity contribution >= 4 is 22.8 Å². The third-order valence-corrected chi connectivity index (χ3v) is 2.17. The second-order valence-corrected chi connectivity index (χ2v) is 3.92. The number of rotatable bonds is 2. The van der Waals surface area contributed by atoms with Crippen molar-refractivity contribution in [3.63, 3.8) is 0 Å². The quantitative estimate of drug-likeness (QED) is 0.696. The van der Waals surface area contributed by atoms with E-state index in [-0.39, 0.29) is 5.95 Å². The molecule has 0 atom stereocenters. The minimum Gasteiger partial charge on any atom is -0.368 e. The second kappa shape index (κ2) is 3.42. The third kappa shape index (κ3) is 1.72. The predicted octanol–water partition coefficient (Wildman–Crippen LogP) is 1.67. The van der Waals surface area contributed by atoms with Crippen LogP contribution in [0.25, 0.3) is 11.0 Å². The maximum atomic E-state index is 5.63. The van der Waals surface area contributed by atoms with Gasteiger partial charge in [-0.1, -0.05) is 0 Å². The van der Waals surface area contributed by atoms with Gasteiger partial charge in [0, 0.05) is 12.2 Å². The van der Waals surface area contributed by atoms with Gasteiger partial charge in [-0.25, -0.2) is 0 Å². The molecule has 5 heteroatoms. The highest BCUT2D eigenvalue weighted by Gasteiger charge is 2.10. The number of nitrogens with zero attached hydrogens (tertiary/aromatic N) is 2. The van der Waals surface area contributed by atoms with E-state index in [9.17, 15) is 0 Å². The summed E-state index contributed by atoms with van der Waals surface area (Å²) in [6, 6.07) is 0.316. The number of nitrogens with one attached hydrogen (secondary N) is 2. The van der Waals surface area contributed by atoms with Gasteiger partial charge in [-0.3, -0.25) is 0 Å². The van der Waals surface area contributed by atoms with Crippen LogP contribution in [0.1, 0.15) is 19.4 Å². The number of anilines is 2. The monoisotopic (exact) mass is 205 g/mol. The first-order chi connectivity index (χ1) is 7.08. The SMILES string of the molecule is Cc1c[nH]c2nc(N)nc(NC(C)C)c12. The lowest BCUT2D eigenvalue weighted by atomic mass is 10.2. The number of nitrogen functional groups attached to an aromatic ring is 1. The number of aromatic nitrogens is 3. The molecule has 5 nitrogen and oxygen atoms in total. The largest absolute Gasteiger partial charge is 0.368 e. The molecule has 80 valence electrons. The van der Waals surface area contributed by atoms with Crippen LogP contribution in [0.5, 0.6) is 0 Å². The highest BCUT2D eigenvalue weighted by molar-refractivity contribution is 5.91. The second-order valence-electron chi connectivity index (χ2n) is 3.92. The summed E-state index contributed by atoms with van der Waals surface area (Å²) >= 11 is 0. The number of hydrogen-bond acceptors (Lipinski definition) is 4. The lowest BCUT2D eigenvalue weighted by molar-refractivity contribution is 0.891. The number of fused-ring (bicyclic) bond motifs is 1. The number of aromatic amines is 1. The summed E-state index contributed by atoms with van der Waals surface area (Å²) in [5.74, 6) is 1.08. The molecule has 0 saturated carbocycles. The van der Waals surface area contributed by atoms with Crippen LogP contribution in [-0.4, -0.2) is 21.0 Å². The van der Waals surface area contributed by atoms with Gasteiger partial charge in [-0.2, -0.15) is 9.97 Å². The van der Waals surface area contributed by atoms with E-state index in [4.69, 9.17) is 5.73 Å². The van der Waals surface area contributed by atoms with E-state index in [1.165, 1.54) is 0 Å². The molecule has 0 bridgehead atoms. The Labute approximate surface area is 88.1 Å². The number of nitrogens with two attached hydrogens (primary N) is 1. The van der Waals surface area contributed by atoms with Crippen LogP contribution in [0.4, 0.5) is 11.8 Å². The summed E-state index contributed by atoms with van der Waals surface area (Å²) in [6.07, 6.45) is 1.91. The lowest BCUT2D eigenvalue weighted by Crippen LogP contribution is -2.12. The van der Waals surface area contributed by atoms with Crippen molar-refractivity contribution < 1.29 is 0 Å². The standard InChI is InChI=1S/C10H15N5/c1-5(2)13-9-7-6(3)4-12-8(7)14-10(11)15-9/h4-5H,1-3H3,(H4,11,12,13,14,15). The topological polar surface area (TPSA) is 79.6 Å². The molecule has 0 aromatic carbocycles. The first-order valence-electron chi connectivity index (χ1n) is 4.95. The van der Waals surface area contributed by atoms with E-state index in [0.717, 1.165) is 22.4 Å². The molecule has 15 heavy (non-hydrogen) atoms. The fraction of sp³-hybridized carbons (Fsp3) is 0.400. The van der Waals surface area contributed by atoms with Crippen LogP contribution in [0.15, 0.2) is 6.20 Å². The van der Waals surface area contributed by atoms with Crippen molar-refractivity contribution in [3.05, 3.63) is 11.8 Å². The first kappa shape index (κ1) is 9.76. The molecule has 2 rings (SSSR count). The molecule has 0 radical (unpaired) electrons. The summed E-state index contributed by atoms with van der Waals surface area (Å²) in [7, 11) is 0. The predicted molar refractivity (Wildman–Crippen MR) is 61.8 cm³/mol. The molecule has 2 aromatic rings. The molecule has 0 spiro atoms. The Morgan fingerprint density at radius 3 is 2.80 bits per heavy atom. The summed E-state index contributed by atoms with van der Waals surface area (Å²) in [4.78, 5) is 11.4. The molecule has 0 aliphatic heterocycles. The molecule has 0 saturated heterocycles. The normalized spacial score (nSPS) is 11.2. The third-order valence-electron chi connectivity index (χ3n) is 2.17. The van der Waals surface area contributed by atoms with Gasteiger partial charge in [0.05, 0.1) is 5.39 Å². The molecule has 4 N–H and O–H groups in total. The molecule has 0 fully saturated rings. The van der Waals surface area contributed by atoms with Gasteiger partial charge in [0.15, 0.2) is 0 Å². The lowest BCUT2D eigenvalue weighted by Gasteiger charge is -2.10. The minimum absolute atomic E-state index is 0.285. The molecular weight excluding hydrogens is 190 g/mol. The van der Waals surface area contributed by atoms with Crippen LogP contribution in [0, 0.1) is 6.92 Å². The van der Waals surface area contributed by atoms with Gasteiger partial charge >= 0.3 is 0 Å². The van der Waals surface area contributed by atoms with Crippen molar-refractivity contribution in [2.45, 2.75) is 26.8 Å². The highest BCUT2D eigenvalue weighted by atomic mass is 15.1. The number of hydrogen-bond donors (Lipinski definition) is 3. The van der Waals surface area contributed by atoms with Crippen molar-refractivity contribution in [1.82, 2.24) is 15.0 Å². The molecular formula is C10H15N5. The molecule has 2 heterocycles. The zero-order chi connectivity index (χ0) is 11.0. The summed E-state index contributed by atoms with van der Waals surface area (Å²) in [5.41, 5.74) is 7.53. The molecule has 0 amide bonds. The van der Waals surface area contributed by atoms with E-state index < -0.39 is 0 Å². The van der Waals surface area contributed by atoms with Gasteiger partial charge in [-0.05, 0) is 26.3 Å². The Kier molecular flexibility index (Phi) is 2.22. The van der Waals surface area contributed by atoms with E-state index in [2.05, 4.69) is 34.1 Å². The van der Waals surface area contributed by atoms with Crippen LogP contribution in [0.2, 0.25) is 0 Å².